The topological polar surface area (TPSA) is 55.4 Å². The first-order valence-electron chi connectivity index (χ1n) is 12.3. The fraction of sp³-hybridized carbons (Fsp3) is 0.720. The summed E-state index contributed by atoms with van der Waals surface area (Å²) in [6, 6.07) is 9.19. The second-order valence-electron chi connectivity index (χ2n) is 9.49. The third-order valence-electron chi connectivity index (χ3n) is 7.02. The highest BCUT2D eigenvalue weighted by molar-refractivity contribution is 14.0. The Morgan fingerprint density at radius 2 is 1.61 bits per heavy atom. The Balaban J connectivity index is 0.00000385. The zero-order chi connectivity index (χ0) is 22.9. The fourth-order valence-electron chi connectivity index (χ4n) is 4.99. The van der Waals surface area contributed by atoms with Crippen molar-refractivity contribution in [3.05, 3.63) is 29.8 Å². The number of piperazine rings is 1. The molecule has 2 aliphatic rings. The Labute approximate surface area is 218 Å². The molecule has 2 N–H and O–H groups in total. The third kappa shape index (κ3) is 7.97. The predicted molar refractivity (Wildman–Crippen MR) is 149 cm³/mol. The summed E-state index contributed by atoms with van der Waals surface area (Å²) >= 11 is 0. The average molecular weight is 573 g/mol. The zero-order valence-corrected chi connectivity index (χ0v) is 23.5. The second-order valence-corrected chi connectivity index (χ2v) is 9.49. The molecule has 0 aromatic heterocycles. The summed E-state index contributed by atoms with van der Waals surface area (Å²) in [5.74, 6) is 2.43. The average Bonchev–Trinajstić information content (AvgIpc) is 3.34. The van der Waals surface area contributed by atoms with Crippen LogP contribution in [0.4, 0.5) is 0 Å². The van der Waals surface area contributed by atoms with Gasteiger partial charge in [0.05, 0.1) is 13.2 Å². The molecule has 3 rings (SSSR count). The van der Waals surface area contributed by atoms with Gasteiger partial charge in [0.25, 0.3) is 0 Å². The largest absolute Gasteiger partial charge is 0.496 e. The maximum Gasteiger partial charge on any atom is 0.191 e. The van der Waals surface area contributed by atoms with Crippen LogP contribution in [-0.2, 0) is 0 Å². The van der Waals surface area contributed by atoms with E-state index in [4.69, 9.17) is 4.74 Å². The molecule has 0 amide bonds. The SMILES string of the molecule is CN=C(NCC(c1ccccc1OC)N1CCCC1)NCC(C(C)C)N1CCN(C)CC1.I. The van der Waals surface area contributed by atoms with Gasteiger partial charge in [-0.2, -0.15) is 0 Å². The Morgan fingerprint density at radius 3 is 2.21 bits per heavy atom. The van der Waals surface area contributed by atoms with Crippen LogP contribution in [0.3, 0.4) is 0 Å². The normalized spacial score (nSPS) is 20.4. The summed E-state index contributed by atoms with van der Waals surface area (Å²) in [6.45, 7) is 13.2. The number of ether oxygens (including phenoxy) is 1. The summed E-state index contributed by atoms with van der Waals surface area (Å²) in [5.41, 5.74) is 1.25. The Kier molecular flexibility index (Phi) is 12.2. The highest BCUT2D eigenvalue weighted by Crippen LogP contribution is 2.31. The van der Waals surface area contributed by atoms with Gasteiger partial charge in [0, 0.05) is 57.9 Å². The highest BCUT2D eigenvalue weighted by atomic mass is 127. The quantitative estimate of drug-likeness (QED) is 0.270. The third-order valence-corrected chi connectivity index (χ3v) is 7.02. The minimum absolute atomic E-state index is 0. The summed E-state index contributed by atoms with van der Waals surface area (Å²) in [7, 11) is 5.84. The maximum absolute atomic E-state index is 5.69. The molecule has 188 valence electrons. The van der Waals surface area contributed by atoms with Crippen LogP contribution in [0.15, 0.2) is 29.3 Å². The molecule has 8 heteroatoms. The van der Waals surface area contributed by atoms with Crippen LogP contribution in [0.1, 0.15) is 38.3 Å². The first-order valence-corrected chi connectivity index (χ1v) is 12.3. The van der Waals surface area contributed by atoms with Crippen molar-refractivity contribution in [2.24, 2.45) is 10.9 Å². The number of halogens is 1. The number of benzene rings is 1. The fourth-order valence-corrected chi connectivity index (χ4v) is 4.99. The molecule has 1 aromatic carbocycles. The van der Waals surface area contributed by atoms with Crippen LogP contribution in [0.2, 0.25) is 0 Å². The summed E-state index contributed by atoms with van der Waals surface area (Å²) in [6.07, 6.45) is 2.53. The maximum atomic E-state index is 5.69. The van der Waals surface area contributed by atoms with Crippen molar-refractivity contribution >= 4 is 29.9 Å². The van der Waals surface area contributed by atoms with Gasteiger partial charge in [-0.25, -0.2) is 0 Å². The second kappa shape index (κ2) is 14.3. The first-order chi connectivity index (χ1) is 15.5. The molecule has 2 fully saturated rings. The molecule has 0 aliphatic carbocycles. The van der Waals surface area contributed by atoms with E-state index >= 15 is 0 Å². The van der Waals surface area contributed by atoms with E-state index in [1.165, 1.54) is 18.4 Å². The number of nitrogens with zero attached hydrogens (tertiary/aromatic N) is 4. The van der Waals surface area contributed by atoms with E-state index in [0.717, 1.165) is 64.1 Å². The lowest BCUT2D eigenvalue weighted by Gasteiger charge is -2.40. The zero-order valence-electron chi connectivity index (χ0n) is 21.2. The van der Waals surface area contributed by atoms with E-state index in [1.807, 2.05) is 13.1 Å². The first kappa shape index (κ1) is 28.1. The number of para-hydroxylation sites is 1. The summed E-state index contributed by atoms with van der Waals surface area (Å²) in [4.78, 5) is 12.1. The Bertz CT molecular complexity index is 717. The molecule has 1 aromatic rings. The molecule has 33 heavy (non-hydrogen) atoms. The molecule has 2 aliphatic heterocycles. The lowest BCUT2D eigenvalue weighted by Crippen LogP contribution is -2.55. The lowest BCUT2D eigenvalue weighted by atomic mass is 10.0. The molecule has 2 unspecified atom stereocenters. The van der Waals surface area contributed by atoms with E-state index in [9.17, 15) is 0 Å². The van der Waals surface area contributed by atoms with Gasteiger partial charge in [-0.3, -0.25) is 14.8 Å². The molecular formula is C25H45IN6O. The van der Waals surface area contributed by atoms with Crippen LogP contribution in [0, 0.1) is 5.92 Å². The van der Waals surface area contributed by atoms with Crippen LogP contribution in [-0.4, -0.2) is 100 Å². The van der Waals surface area contributed by atoms with Gasteiger partial charge in [-0.1, -0.05) is 32.0 Å². The summed E-state index contributed by atoms with van der Waals surface area (Å²) < 4.78 is 5.69. The predicted octanol–water partition coefficient (Wildman–Crippen LogP) is 2.89. The van der Waals surface area contributed by atoms with Crippen molar-refractivity contribution in [3.63, 3.8) is 0 Å². The molecule has 0 spiro atoms. The Morgan fingerprint density at radius 1 is 0.970 bits per heavy atom. The van der Waals surface area contributed by atoms with Crippen molar-refractivity contribution in [1.29, 1.82) is 0 Å². The number of rotatable bonds is 9. The van der Waals surface area contributed by atoms with Gasteiger partial charge in [-0.15, -0.1) is 24.0 Å². The molecule has 2 saturated heterocycles. The van der Waals surface area contributed by atoms with Crippen LogP contribution >= 0.6 is 24.0 Å². The Hall–Kier alpha value is -1.10. The lowest BCUT2D eigenvalue weighted by molar-refractivity contribution is 0.0899. The highest BCUT2D eigenvalue weighted by Gasteiger charge is 2.27. The molecule has 0 radical (unpaired) electrons. The molecule has 7 nitrogen and oxygen atoms in total. The van der Waals surface area contributed by atoms with E-state index in [0.29, 0.717) is 12.0 Å². The van der Waals surface area contributed by atoms with E-state index in [-0.39, 0.29) is 30.0 Å². The van der Waals surface area contributed by atoms with E-state index < -0.39 is 0 Å². The number of nitrogens with one attached hydrogen (secondary N) is 2. The van der Waals surface area contributed by atoms with Gasteiger partial charge in [0.2, 0.25) is 0 Å². The monoisotopic (exact) mass is 572 g/mol. The standard InChI is InChI=1S/C25H44N6O.HI/c1-20(2)22(31-16-14-29(4)15-17-31)18-27-25(26-3)28-19-23(30-12-8-9-13-30)21-10-6-7-11-24(21)32-5;/h6-7,10-11,20,22-23H,8-9,12-19H2,1-5H3,(H2,26,27,28);1H. The van der Waals surface area contributed by atoms with Crippen LogP contribution in [0.25, 0.3) is 0 Å². The number of guanidine groups is 1. The van der Waals surface area contributed by atoms with Crippen molar-refractivity contribution < 1.29 is 4.74 Å². The molecule has 2 heterocycles. The number of likely N-dealkylation sites (tertiary alicyclic amines) is 1. The van der Waals surface area contributed by atoms with Gasteiger partial charge in [0.1, 0.15) is 5.75 Å². The van der Waals surface area contributed by atoms with Crippen molar-refractivity contribution in [2.75, 3.05) is 73.6 Å². The molecular weight excluding hydrogens is 527 g/mol. The van der Waals surface area contributed by atoms with Gasteiger partial charge < -0.3 is 20.3 Å². The molecule has 0 bridgehead atoms. The van der Waals surface area contributed by atoms with Crippen LogP contribution in [0.5, 0.6) is 5.75 Å². The number of methoxy groups -OCH3 is 1. The summed E-state index contributed by atoms with van der Waals surface area (Å²) in [5, 5.41) is 7.23. The number of aliphatic imine (C=N–C) groups is 1. The van der Waals surface area contributed by atoms with Crippen molar-refractivity contribution in [1.82, 2.24) is 25.3 Å². The van der Waals surface area contributed by atoms with Gasteiger partial charge >= 0.3 is 0 Å². The van der Waals surface area contributed by atoms with Crippen LogP contribution < -0.4 is 15.4 Å². The van der Waals surface area contributed by atoms with Gasteiger partial charge in [0.15, 0.2) is 5.96 Å². The number of hydrogen-bond acceptors (Lipinski definition) is 5. The minimum atomic E-state index is 0. The van der Waals surface area contributed by atoms with Crippen molar-refractivity contribution in [3.8, 4) is 5.75 Å². The smallest absolute Gasteiger partial charge is 0.191 e. The number of hydrogen-bond donors (Lipinski definition) is 2. The molecule has 2 atom stereocenters. The van der Waals surface area contributed by atoms with Crippen molar-refractivity contribution in [2.45, 2.75) is 38.8 Å². The minimum Gasteiger partial charge on any atom is -0.496 e. The number of likely N-dealkylation sites (N-methyl/N-ethyl adjacent to an activating group) is 1. The van der Waals surface area contributed by atoms with Gasteiger partial charge in [-0.05, 0) is 45.0 Å². The molecule has 0 saturated carbocycles. The van der Waals surface area contributed by atoms with E-state index in [2.05, 4.69) is 69.4 Å². The van der Waals surface area contributed by atoms with E-state index in [1.54, 1.807) is 7.11 Å².